The molecule has 1 heterocycles. The van der Waals surface area contributed by atoms with Crippen LogP contribution in [0.4, 0.5) is 17.2 Å². The van der Waals surface area contributed by atoms with E-state index in [0.717, 1.165) is 5.56 Å². The second-order valence-electron chi connectivity index (χ2n) is 5.91. The van der Waals surface area contributed by atoms with Crippen molar-refractivity contribution in [1.82, 2.24) is 10.2 Å². The van der Waals surface area contributed by atoms with Gasteiger partial charge in [-0.25, -0.2) is 4.79 Å². The molecule has 3 aromatic rings. The summed E-state index contributed by atoms with van der Waals surface area (Å²) in [4.78, 5) is 24.0. The molecule has 2 N–H and O–H groups in total. The Morgan fingerprint density at radius 2 is 1.86 bits per heavy atom. The fraction of sp³-hybridized carbons (Fsp3) is 0.100. The van der Waals surface area contributed by atoms with Gasteiger partial charge < -0.3 is 15.4 Å². The van der Waals surface area contributed by atoms with E-state index in [2.05, 4.69) is 20.8 Å². The summed E-state index contributed by atoms with van der Waals surface area (Å²) in [6.07, 6.45) is 0. The maximum Gasteiger partial charge on any atom is 0.337 e. The number of hydrogen-bond acceptors (Lipinski definition) is 6. The number of anilines is 3. The van der Waals surface area contributed by atoms with Gasteiger partial charge in [0, 0.05) is 16.4 Å². The fourth-order valence-electron chi connectivity index (χ4n) is 2.42. The van der Waals surface area contributed by atoms with Gasteiger partial charge in [-0.05, 0) is 55.0 Å². The van der Waals surface area contributed by atoms with Gasteiger partial charge in [0.2, 0.25) is 0 Å². The fourth-order valence-corrected chi connectivity index (χ4v) is 2.60. The van der Waals surface area contributed by atoms with Crippen molar-refractivity contribution in [3.8, 4) is 0 Å². The molecule has 2 aromatic carbocycles. The molecule has 28 heavy (non-hydrogen) atoms. The van der Waals surface area contributed by atoms with E-state index in [9.17, 15) is 9.59 Å². The molecule has 0 aliphatic carbocycles. The molecule has 0 unspecified atom stereocenters. The van der Waals surface area contributed by atoms with Crippen LogP contribution in [-0.4, -0.2) is 29.2 Å². The lowest BCUT2D eigenvalue weighted by Gasteiger charge is -2.09. The highest BCUT2D eigenvalue weighted by Crippen LogP contribution is 2.21. The molecule has 0 saturated heterocycles. The maximum atomic E-state index is 12.4. The Bertz CT molecular complexity index is 1020. The average molecular weight is 397 g/mol. The predicted molar refractivity (Wildman–Crippen MR) is 107 cm³/mol. The first-order valence-corrected chi connectivity index (χ1v) is 8.70. The molecule has 0 fully saturated rings. The Morgan fingerprint density at radius 3 is 2.57 bits per heavy atom. The van der Waals surface area contributed by atoms with E-state index in [0.29, 0.717) is 27.8 Å². The SMILES string of the molecule is COC(=O)c1cccc(Nc2ccc(C(=O)Nc3cc(Cl)ccc3C)nn2)c1. The van der Waals surface area contributed by atoms with Crippen molar-refractivity contribution in [3.63, 3.8) is 0 Å². The Morgan fingerprint density at radius 1 is 1.04 bits per heavy atom. The number of aromatic nitrogens is 2. The van der Waals surface area contributed by atoms with Crippen LogP contribution in [0.1, 0.15) is 26.4 Å². The topological polar surface area (TPSA) is 93.2 Å². The van der Waals surface area contributed by atoms with Gasteiger partial charge in [0.05, 0.1) is 12.7 Å². The lowest BCUT2D eigenvalue weighted by Crippen LogP contribution is -2.15. The summed E-state index contributed by atoms with van der Waals surface area (Å²) < 4.78 is 4.70. The van der Waals surface area contributed by atoms with Crippen LogP contribution < -0.4 is 10.6 Å². The smallest absolute Gasteiger partial charge is 0.337 e. The molecule has 1 amide bonds. The summed E-state index contributed by atoms with van der Waals surface area (Å²) in [5.74, 6) is -0.396. The molecule has 0 aliphatic heterocycles. The van der Waals surface area contributed by atoms with Gasteiger partial charge in [0.1, 0.15) is 0 Å². The Balaban J connectivity index is 1.70. The molecule has 8 heteroatoms. The number of carbonyl (C=O) groups excluding carboxylic acids is 2. The van der Waals surface area contributed by atoms with Gasteiger partial charge in [-0.15, -0.1) is 10.2 Å². The molecule has 3 rings (SSSR count). The number of esters is 1. The number of methoxy groups -OCH3 is 1. The molecule has 0 atom stereocenters. The van der Waals surface area contributed by atoms with Crippen LogP contribution in [-0.2, 0) is 4.74 Å². The third-order valence-electron chi connectivity index (χ3n) is 3.90. The maximum absolute atomic E-state index is 12.4. The van der Waals surface area contributed by atoms with Crippen LogP contribution >= 0.6 is 11.6 Å². The van der Waals surface area contributed by atoms with Crippen LogP contribution in [0.2, 0.25) is 5.02 Å². The number of amides is 1. The minimum absolute atomic E-state index is 0.160. The normalized spacial score (nSPS) is 10.2. The molecule has 0 bridgehead atoms. The molecule has 142 valence electrons. The number of halogens is 1. The number of carbonyl (C=O) groups is 2. The number of nitrogens with one attached hydrogen (secondary N) is 2. The van der Waals surface area contributed by atoms with Crippen molar-refractivity contribution in [2.75, 3.05) is 17.7 Å². The quantitative estimate of drug-likeness (QED) is 0.627. The molecular formula is C20H17ClN4O3. The summed E-state index contributed by atoms with van der Waals surface area (Å²) in [5.41, 5.74) is 2.71. The first-order valence-electron chi connectivity index (χ1n) is 8.33. The van der Waals surface area contributed by atoms with E-state index in [1.807, 2.05) is 13.0 Å². The Labute approximate surface area is 166 Å². The summed E-state index contributed by atoms with van der Waals surface area (Å²) in [6, 6.07) is 15.2. The number of nitrogens with zero attached hydrogens (tertiary/aromatic N) is 2. The summed E-state index contributed by atoms with van der Waals surface area (Å²) in [7, 11) is 1.32. The minimum Gasteiger partial charge on any atom is -0.465 e. The number of hydrogen-bond donors (Lipinski definition) is 2. The summed E-state index contributed by atoms with van der Waals surface area (Å²) >= 11 is 5.97. The van der Waals surface area contributed by atoms with E-state index < -0.39 is 11.9 Å². The van der Waals surface area contributed by atoms with Crippen LogP contribution in [0.15, 0.2) is 54.6 Å². The standard InChI is InChI=1S/C20H17ClN4O3/c1-12-6-7-14(21)11-17(12)23-19(26)16-8-9-18(25-24-16)22-15-5-3-4-13(10-15)20(27)28-2/h3-11H,1-2H3,(H,22,25)(H,23,26). The largest absolute Gasteiger partial charge is 0.465 e. The second-order valence-corrected chi connectivity index (χ2v) is 6.35. The van der Waals surface area contributed by atoms with E-state index in [-0.39, 0.29) is 5.69 Å². The van der Waals surface area contributed by atoms with Crippen molar-refractivity contribution in [3.05, 3.63) is 76.4 Å². The Kier molecular flexibility index (Phi) is 5.86. The number of benzene rings is 2. The van der Waals surface area contributed by atoms with Crippen molar-refractivity contribution in [2.45, 2.75) is 6.92 Å². The summed E-state index contributed by atoms with van der Waals surface area (Å²) in [5, 5.41) is 14.3. The van der Waals surface area contributed by atoms with Gasteiger partial charge in [-0.1, -0.05) is 23.7 Å². The van der Waals surface area contributed by atoms with E-state index in [1.54, 1.807) is 48.5 Å². The van der Waals surface area contributed by atoms with Crippen molar-refractivity contribution in [2.24, 2.45) is 0 Å². The molecule has 0 radical (unpaired) electrons. The van der Waals surface area contributed by atoms with E-state index in [1.165, 1.54) is 7.11 Å². The number of rotatable bonds is 5. The monoisotopic (exact) mass is 396 g/mol. The number of aryl methyl sites for hydroxylation is 1. The zero-order valence-electron chi connectivity index (χ0n) is 15.2. The second kappa shape index (κ2) is 8.49. The highest BCUT2D eigenvalue weighted by Gasteiger charge is 2.11. The van der Waals surface area contributed by atoms with Gasteiger partial charge >= 0.3 is 5.97 Å². The molecule has 0 spiro atoms. The lowest BCUT2D eigenvalue weighted by molar-refractivity contribution is 0.0600. The number of ether oxygens (including phenoxy) is 1. The molecule has 7 nitrogen and oxygen atoms in total. The van der Waals surface area contributed by atoms with Crippen molar-refractivity contribution < 1.29 is 14.3 Å². The van der Waals surface area contributed by atoms with Gasteiger partial charge in [-0.2, -0.15) is 0 Å². The Hall–Kier alpha value is -3.45. The summed E-state index contributed by atoms with van der Waals surface area (Å²) in [6.45, 7) is 1.87. The molecule has 0 aliphatic rings. The van der Waals surface area contributed by atoms with Crippen molar-refractivity contribution >= 4 is 40.7 Å². The molecule has 0 saturated carbocycles. The zero-order valence-corrected chi connectivity index (χ0v) is 15.9. The molecular weight excluding hydrogens is 380 g/mol. The highest BCUT2D eigenvalue weighted by molar-refractivity contribution is 6.31. The molecule has 1 aromatic heterocycles. The third-order valence-corrected chi connectivity index (χ3v) is 4.14. The van der Waals surface area contributed by atoms with E-state index >= 15 is 0 Å². The van der Waals surface area contributed by atoms with E-state index in [4.69, 9.17) is 16.3 Å². The van der Waals surface area contributed by atoms with Crippen LogP contribution in [0.25, 0.3) is 0 Å². The minimum atomic E-state index is -0.432. The predicted octanol–water partition coefficient (Wildman–Crippen LogP) is 4.22. The van der Waals surface area contributed by atoms with Gasteiger partial charge in [-0.3, -0.25) is 4.79 Å². The third kappa shape index (κ3) is 4.63. The van der Waals surface area contributed by atoms with Crippen LogP contribution in [0.5, 0.6) is 0 Å². The van der Waals surface area contributed by atoms with Crippen LogP contribution in [0.3, 0.4) is 0 Å². The highest BCUT2D eigenvalue weighted by atomic mass is 35.5. The first kappa shape index (κ1) is 19.3. The zero-order chi connectivity index (χ0) is 20.1. The van der Waals surface area contributed by atoms with Crippen LogP contribution in [0, 0.1) is 6.92 Å². The van der Waals surface area contributed by atoms with Crippen molar-refractivity contribution in [1.29, 1.82) is 0 Å². The van der Waals surface area contributed by atoms with Gasteiger partial charge in [0.25, 0.3) is 5.91 Å². The lowest BCUT2D eigenvalue weighted by atomic mass is 10.2. The average Bonchev–Trinajstić information content (AvgIpc) is 2.71. The first-order chi connectivity index (χ1) is 13.5. The van der Waals surface area contributed by atoms with Gasteiger partial charge in [0.15, 0.2) is 11.5 Å².